The summed E-state index contributed by atoms with van der Waals surface area (Å²) in [6.07, 6.45) is -1.07. The van der Waals surface area contributed by atoms with Crippen LogP contribution in [0.1, 0.15) is 30.0 Å². The molecule has 0 bridgehead atoms. The van der Waals surface area contributed by atoms with Crippen LogP contribution in [-0.2, 0) is 11.2 Å². The molecule has 1 heterocycles. The average molecular weight is 309 g/mol. The first-order valence-electron chi connectivity index (χ1n) is 6.80. The van der Waals surface area contributed by atoms with Crippen molar-refractivity contribution in [3.05, 3.63) is 52.9 Å². The molecule has 2 unspecified atom stereocenters. The fourth-order valence-electron chi connectivity index (χ4n) is 2.10. The van der Waals surface area contributed by atoms with E-state index in [1.54, 1.807) is 13.0 Å². The molecule has 2 rings (SSSR count). The minimum atomic E-state index is -1.14. The number of nitrogens with one attached hydrogen (secondary N) is 2. The lowest BCUT2D eigenvalue weighted by molar-refractivity contribution is -0.121. The Bertz CT molecular complexity index is 673. The molecular formula is C15H17F2N3O2. The third kappa shape index (κ3) is 3.88. The second-order valence-electron chi connectivity index (χ2n) is 5.19. The summed E-state index contributed by atoms with van der Waals surface area (Å²) < 4.78 is 26.1. The Morgan fingerprint density at radius 2 is 2.09 bits per heavy atom. The number of aromatic nitrogens is 2. The number of aliphatic hydroxyl groups is 1. The van der Waals surface area contributed by atoms with Crippen molar-refractivity contribution in [3.63, 3.8) is 0 Å². The standard InChI is InChI=1S/C15H17F2N3O2/c1-8-5-11(20-19-8)7-14(21)18-9(2)15(22)10-3-4-12(16)13(17)6-10/h3-6,9,15,22H,7H2,1-2H3,(H,18,21)(H,19,20). The first-order chi connectivity index (χ1) is 10.4. The van der Waals surface area contributed by atoms with Crippen molar-refractivity contribution in [1.82, 2.24) is 15.5 Å². The molecule has 1 aromatic carbocycles. The number of carbonyl (C=O) groups is 1. The van der Waals surface area contributed by atoms with Crippen molar-refractivity contribution in [2.24, 2.45) is 0 Å². The second kappa shape index (κ2) is 6.65. The first-order valence-corrected chi connectivity index (χ1v) is 6.80. The van der Waals surface area contributed by atoms with Crippen molar-refractivity contribution in [1.29, 1.82) is 0 Å². The van der Waals surface area contributed by atoms with E-state index in [1.807, 2.05) is 6.92 Å². The largest absolute Gasteiger partial charge is 0.386 e. The number of aromatic amines is 1. The number of carbonyl (C=O) groups excluding carboxylic acids is 1. The highest BCUT2D eigenvalue weighted by molar-refractivity contribution is 5.78. The fraction of sp³-hybridized carbons (Fsp3) is 0.333. The van der Waals surface area contributed by atoms with Crippen LogP contribution in [0.2, 0.25) is 0 Å². The molecule has 118 valence electrons. The molecule has 1 aromatic heterocycles. The molecule has 0 radical (unpaired) electrons. The molecule has 0 saturated heterocycles. The number of aryl methyl sites for hydroxylation is 1. The van der Waals surface area contributed by atoms with Gasteiger partial charge in [0.2, 0.25) is 5.91 Å². The zero-order valence-corrected chi connectivity index (χ0v) is 12.2. The van der Waals surface area contributed by atoms with E-state index in [9.17, 15) is 18.7 Å². The minimum absolute atomic E-state index is 0.0686. The number of halogens is 2. The summed E-state index contributed by atoms with van der Waals surface area (Å²) in [6.45, 7) is 3.41. The summed E-state index contributed by atoms with van der Waals surface area (Å²) in [5.41, 5.74) is 1.63. The van der Waals surface area contributed by atoms with Crippen LogP contribution in [0.4, 0.5) is 8.78 Å². The van der Waals surface area contributed by atoms with Gasteiger partial charge in [0.1, 0.15) is 0 Å². The highest BCUT2D eigenvalue weighted by Crippen LogP contribution is 2.19. The van der Waals surface area contributed by atoms with Gasteiger partial charge in [-0.15, -0.1) is 0 Å². The fourth-order valence-corrected chi connectivity index (χ4v) is 2.10. The quantitative estimate of drug-likeness (QED) is 0.788. The van der Waals surface area contributed by atoms with Gasteiger partial charge in [-0.1, -0.05) is 6.07 Å². The van der Waals surface area contributed by atoms with Crippen LogP contribution in [0.15, 0.2) is 24.3 Å². The predicted molar refractivity (Wildman–Crippen MR) is 76.0 cm³/mol. The van der Waals surface area contributed by atoms with Gasteiger partial charge in [-0.3, -0.25) is 9.89 Å². The van der Waals surface area contributed by atoms with Gasteiger partial charge in [0, 0.05) is 5.69 Å². The maximum atomic E-state index is 13.2. The van der Waals surface area contributed by atoms with Gasteiger partial charge in [-0.25, -0.2) is 8.78 Å². The van der Waals surface area contributed by atoms with Gasteiger partial charge in [0.25, 0.3) is 0 Å². The maximum absolute atomic E-state index is 13.2. The van der Waals surface area contributed by atoms with Gasteiger partial charge < -0.3 is 10.4 Å². The normalized spacial score (nSPS) is 13.7. The zero-order chi connectivity index (χ0) is 16.3. The maximum Gasteiger partial charge on any atom is 0.226 e. The zero-order valence-electron chi connectivity index (χ0n) is 12.2. The summed E-state index contributed by atoms with van der Waals surface area (Å²) >= 11 is 0. The third-order valence-corrected chi connectivity index (χ3v) is 3.25. The minimum Gasteiger partial charge on any atom is -0.386 e. The van der Waals surface area contributed by atoms with E-state index in [0.29, 0.717) is 5.69 Å². The van der Waals surface area contributed by atoms with Crippen LogP contribution in [0, 0.1) is 18.6 Å². The molecule has 2 atom stereocenters. The smallest absolute Gasteiger partial charge is 0.226 e. The molecule has 0 saturated carbocycles. The van der Waals surface area contributed by atoms with E-state index in [0.717, 1.165) is 17.8 Å². The second-order valence-corrected chi connectivity index (χ2v) is 5.19. The number of amides is 1. The Kier molecular flexibility index (Phi) is 4.87. The molecule has 2 aromatic rings. The number of aliphatic hydroxyl groups excluding tert-OH is 1. The van der Waals surface area contributed by atoms with Crippen LogP contribution in [0.5, 0.6) is 0 Å². The Labute approximate surface area is 126 Å². The number of benzene rings is 1. The highest BCUT2D eigenvalue weighted by atomic mass is 19.2. The molecule has 0 aliphatic rings. The molecule has 0 spiro atoms. The first kappa shape index (κ1) is 16.1. The Balaban J connectivity index is 1.96. The monoisotopic (exact) mass is 309 g/mol. The van der Waals surface area contributed by atoms with Crippen molar-refractivity contribution < 1.29 is 18.7 Å². The van der Waals surface area contributed by atoms with Gasteiger partial charge in [-0.2, -0.15) is 5.10 Å². The number of rotatable bonds is 5. The Hall–Kier alpha value is -2.28. The number of nitrogens with zero attached hydrogens (tertiary/aromatic N) is 1. The SMILES string of the molecule is Cc1cc(CC(=O)NC(C)C(O)c2ccc(F)c(F)c2)n[nH]1. The van der Waals surface area contributed by atoms with E-state index >= 15 is 0 Å². The topological polar surface area (TPSA) is 78.0 Å². The van der Waals surface area contributed by atoms with E-state index in [4.69, 9.17) is 0 Å². The molecular weight excluding hydrogens is 292 g/mol. The van der Waals surface area contributed by atoms with Gasteiger partial charge >= 0.3 is 0 Å². The van der Waals surface area contributed by atoms with Crippen molar-refractivity contribution in [3.8, 4) is 0 Å². The molecule has 22 heavy (non-hydrogen) atoms. The lowest BCUT2D eigenvalue weighted by Crippen LogP contribution is -2.38. The predicted octanol–water partition coefficient (Wildman–Crippen LogP) is 1.78. The van der Waals surface area contributed by atoms with Crippen LogP contribution in [0.25, 0.3) is 0 Å². The van der Waals surface area contributed by atoms with Crippen molar-refractivity contribution >= 4 is 5.91 Å². The lowest BCUT2D eigenvalue weighted by atomic mass is 10.0. The summed E-state index contributed by atoms with van der Waals surface area (Å²) in [7, 11) is 0. The molecule has 0 aliphatic carbocycles. The lowest BCUT2D eigenvalue weighted by Gasteiger charge is -2.20. The summed E-state index contributed by atoms with van der Waals surface area (Å²) in [5, 5.41) is 19.4. The van der Waals surface area contributed by atoms with E-state index in [-0.39, 0.29) is 17.9 Å². The number of hydrogen-bond acceptors (Lipinski definition) is 3. The number of H-pyrrole nitrogens is 1. The Morgan fingerprint density at radius 3 is 2.68 bits per heavy atom. The van der Waals surface area contributed by atoms with E-state index in [1.165, 1.54) is 6.07 Å². The van der Waals surface area contributed by atoms with Crippen LogP contribution >= 0.6 is 0 Å². The molecule has 7 heteroatoms. The van der Waals surface area contributed by atoms with E-state index < -0.39 is 23.8 Å². The van der Waals surface area contributed by atoms with Gasteiger partial charge in [-0.05, 0) is 37.6 Å². The highest BCUT2D eigenvalue weighted by Gasteiger charge is 2.20. The molecule has 0 aliphatic heterocycles. The summed E-state index contributed by atoms with van der Waals surface area (Å²) in [4.78, 5) is 11.9. The van der Waals surface area contributed by atoms with Gasteiger partial charge in [0.05, 0.1) is 24.3 Å². The molecule has 1 amide bonds. The van der Waals surface area contributed by atoms with Crippen molar-refractivity contribution in [2.45, 2.75) is 32.4 Å². The van der Waals surface area contributed by atoms with Crippen LogP contribution < -0.4 is 5.32 Å². The third-order valence-electron chi connectivity index (χ3n) is 3.25. The van der Waals surface area contributed by atoms with Crippen LogP contribution in [0.3, 0.4) is 0 Å². The summed E-state index contributed by atoms with van der Waals surface area (Å²) in [5.74, 6) is -2.34. The molecule has 3 N–H and O–H groups in total. The summed E-state index contributed by atoms with van der Waals surface area (Å²) in [6, 6.07) is 4.23. The Morgan fingerprint density at radius 1 is 1.36 bits per heavy atom. The van der Waals surface area contributed by atoms with E-state index in [2.05, 4.69) is 15.5 Å². The van der Waals surface area contributed by atoms with Gasteiger partial charge in [0.15, 0.2) is 11.6 Å². The molecule has 5 nitrogen and oxygen atoms in total. The van der Waals surface area contributed by atoms with Crippen LogP contribution in [-0.4, -0.2) is 27.3 Å². The average Bonchev–Trinajstić information content (AvgIpc) is 2.86. The molecule has 0 fully saturated rings. The number of hydrogen-bond donors (Lipinski definition) is 3. The van der Waals surface area contributed by atoms with Crippen molar-refractivity contribution in [2.75, 3.05) is 0 Å².